The Hall–Kier alpha value is -0.790. The first-order chi connectivity index (χ1) is 8.83. The van der Waals surface area contributed by atoms with Crippen molar-refractivity contribution in [2.24, 2.45) is 0 Å². The lowest BCUT2D eigenvalue weighted by Crippen LogP contribution is -2.06. The average molecular weight is 252 g/mol. The molecule has 1 rings (SSSR count). The number of carbonyl (C=O) groups excluding carboxylic acids is 1. The minimum absolute atomic E-state index is 0.0616. The smallest absolute Gasteiger partial charge is 0.331 e. The molecular formula is C16H28O2. The summed E-state index contributed by atoms with van der Waals surface area (Å²) in [5.41, 5.74) is 0. The van der Waals surface area contributed by atoms with E-state index >= 15 is 0 Å². The Bertz CT molecular complexity index is 245. The lowest BCUT2D eigenvalue weighted by molar-refractivity contribution is -0.138. The van der Waals surface area contributed by atoms with Gasteiger partial charge in [-0.05, 0) is 18.9 Å². The van der Waals surface area contributed by atoms with Crippen LogP contribution in [0.5, 0.6) is 0 Å². The molecule has 1 aliphatic heterocycles. The molecule has 104 valence electrons. The maximum absolute atomic E-state index is 10.8. The molecule has 0 unspecified atom stereocenters. The number of hydrogen-bond acceptors (Lipinski definition) is 2. The van der Waals surface area contributed by atoms with E-state index in [0.717, 1.165) is 6.42 Å². The molecule has 18 heavy (non-hydrogen) atoms. The summed E-state index contributed by atoms with van der Waals surface area (Å²) in [4.78, 5) is 10.8. The maximum Gasteiger partial charge on any atom is 0.331 e. The van der Waals surface area contributed by atoms with Crippen molar-refractivity contribution in [3.05, 3.63) is 12.2 Å². The van der Waals surface area contributed by atoms with E-state index < -0.39 is 0 Å². The van der Waals surface area contributed by atoms with Crippen LogP contribution in [-0.4, -0.2) is 12.1 Å². The van der Waals surface area contributed by atoms with Gasteiger partial charge in [-0.2, -0.15) is 0 Å². The van der Waals surface area contributed by atoms with E-state index in [1.165, 1.54) is 64.2 Å². The first-order valence-electron chi connectivity index (χ1n) is 7.71. The van der Waals surface area contributed by atoms with Gasteiger partial charge in [0.2, 0.25) is 0 Å². The van der Waals surface area contributed by atoms with Crippen molar-refractivity contribution in [3.8, 4) is 0 Å². The third-order valence-electron chi connectivity index (χ3n) is 3.56. The van der Waals surface area contributed by atoms with Crippen LogP contribution in [0.4, 0.5) is 0 Å². The van der Waals surface area contributed by atoms with Gasteiger partial charge in [0.05, 0.1) is 0 Å². The van der Waals surface area contributed by atoms with Gasteiger partial charge in [0.25, 0.3) is 0 Å². The largest absolute Gasteiger partial charge is 0.455 e. The molecule has 1 atom stereocenters. The normalized spacial score (nSPS) is 18.3. The van der Waals surface area contributed by atoms with Crippen molar-refractivity contribution in [1.29, 1.82) is 0 Å². The first-order valence-corrected chi connectivity index (χ1v) is 7.71. The Morgan fingerprint density at radius 1 is 0.944 bits per heavy atom. The predicted molar refractivity (Wildman–Crippen MR) is 75.5 cm³/mol. The van der Waals surface area contributed by atoms with E-state index in [1.807, 2.05) is 6.08 Å². The fourth-order valence-corrected chi connectivity index (χ4v) is 2.40. The fraction of sp³-hybridized carbons (Fsp3) is 0.812. The summed E-state index contributed by atoms with van der Waals surface area (Å²) in [5.74, 6) is -0.174. The number of esters is 1. The van der Waals surface area contributed by atoms with E-state index in [-0.39, 0.29) is 12.1 Å². The Labute approximate surface area is 112 Å². The molecule has 1 aliphatic rings. The summed E-state index contributed by atoms with van der Waals surface area (Å²) in [6.07, 6.45) is 18.0. The fourth-order valence-electron chi connectivity index (χ4n) is 2.40. The molecule has 0 aromatic heterocycles. The van der Waals surface area contributed by atoms with Crippen molar-refractivity contribution in [2.45, 2.75) is 83.7 Å². The Morgan fingerprint density at radius 2 is 1.50 bits per heavy atom. The monoisotopic (exact) mass is 252 g/mol. The lowest BCUT2D eigenvalue weighted by Gasteiger charge is -2.07. The van der Waals surface area contributed by atoms with Crippen molar-refractivity contribution in [3.63, 3.8) is 0 Å². The molecule has 0 spiro atoms. The zero-order valence-electron chi connectivity index (χ0n) is 11.8. The SMILES string of the molecule is CCCCCCCCCCCC[C@@H]1C=CC(=O)O1. The molecule has 0 aromatic carbocycles. The lowest BCUT2D eigenvalue weighted by atomic mass is 10.0. The molecule has 0 bridgehead atoms. The van der Waals surface area contributed by atoms with Crippen LogP contribution in [0.2, 0.25) is 0 Å². The van der Waals surface area contributed by atoms with Gasteiger partial charge in [-0.15, -0.1) is 0 Å². The van der Waals surface area contributed by atoms with Gasteiger partial charge in [0.15, 0.2) is 0 Å². The first kappa shape index (κ1) is 15.3. The molecule has 0 aliphatic carbocycles. The molecule has 2 nitrogen and oxygen atoms in total. The maximum atomic E-state index is 10.8. The molecular weight excluding hydrogens is 224 g/mol. The van der Waals surface area contributed by atoms with Gasteiger partial charge in [-0.3, -0.25) is 0 Å². The van der Waals surface area contributed by atoms with Gasteiger partial charge >= 0.3 is 5.97 Å². The molecule has 0 saturated heterocycles. The summed E-state index contributed by atoms with van der Waals surface area (Å²) in [7, 11) is 0. The van der Waals surface area contributed by atoms with E-state index in [2.05, 4.69) is 6.92 Å². The number of unbranched alkanes of at least 4 members (excludes halogenated alkanes) is 9. The number of carbonyl (C=O) groups is 1. The summed E-state index contributed by atoms with van der Waals surface area (Å²) in [6.45, 7) is 2.26. The second-order valence-electron chi connectivity index (χ2n) is 5.31. The number of hydrogen-bond donors (Lipinski definition) is 0. The quantitative estimate of drug-likeness (QED) is 0.391. The zero-order valence-corrected chi connectivity index (χ0v) is 11.8. The zero-order chi connectivity index (χ0) is 13.1. The van der Waals surface area contributed by atoms with Gasteiger partial charge in [-0.25, -0.2) is 4.79 Å². The second-order valence-corrected chi connectivity index (χ2v) is 5.31. The minimum Gasteiger partial charge on any atom is -0.455 e. The van der Waals surface area contributed by atoms with Crippen LogP contribution in [0.15, 0.2) is 12.2 Å². The van der Waals surface area contributed by atoms with Crippen LogP contribution in [0.25, 0.3) is 0 Å². The van der Waals surface area contributed by atoms with Crippen LogP contribution in [-0.2, 0) is 9.53 Å². The minimum atomic E-state index is -0.174. The highest BCUT2D eigenvalue weighted by Crippen LogP contribution is 2.15. The summed E-state index contributed by atoms with van der Waals surface area (Å²) in [6, 6.07) is 0. The highest BCUT2D eigenvalue weighted by molar-refractivity contribution is 5.84. The van der Waals surface area contributed by atoms with Gasteiger partial charge in [0, 0.05) is 6.08 Å². The second kappa shape index (κ2) is 10.2. The highest BCUT2D eigenvalue weighted by atomic mass is 16.5. The molecule has 2 heteroatoms. The highest BCUT2D eigenvalue weighted by Gasteiger charge is 2.15. The van der Waals surface area contributed by atoms with Crippen LogP contribution >= 0.6 is 0 Å². The van der Waals surface area contributed by atoms with Gasteiger partial charge in [-0.1, -0.05) is 64.7 Å². The molecule has 0 N–H and O–H groups in total. The standard InChI is InChI=1S/C16H28O2/c1-2-3-4-5-6-7-8-9-10-11-12-15-13-14-16(17)18-15/h13-15H,2-12H2,1H3/t15-/m1/s1. The Morgan fingerprint density at radius 3 is 2.00 bits per heavy atom. The molecule has 0 saturated carbocycles. The molecule has 0 fully saturated rings. The molecule has 0 aromatic rings. The van der Waals surface area contributed by atoms with Crippen LogP contribution in [0.3, 0.4) is 0 Å². The van der Waals surface area contributed by atoms with E-state index in [9.17, 15) is 4.79 Å². The molecule has 0 amide bonds. The summed E-state index contributed by atoms with van der Waals surface area (Å²) >= 11 is 0. The Balaban J connectivity index is 1.76. The van der Waals surface area contributed by atoms with Gasteiger partial charge in [0.1, 0.15) is 6.10 Å². The van der Waals surface area contributed by atoms with Crippen LogP contribution in [0, 0.1) is 0 Å². The number of cyclic esters (lactones) is 1. The van der Waals surface area contributed by atoms with E-state index in [1.54, 1.807) is 6.08 Å². The third-order valence-corrected chi connectivity index (χ3v) is 3.56. The predicted octanol–water partition coefficient (Wildman–Crippen LogP) is 4.78. The van der Waals surface area contributed by atoms with Gasteiger partial charge < -0.3 is 4.74 Å². The average Bonchev–Trinajstić information content (AvgIpc) is 2.77. The van der Waals surface area contributed by atoms with Crippen LogP contribution in [0.1, 0.15) is 77.6 Å². The van der Waals surface area contributed by atoms with E-state index in [4.69, 9.17) is 4.74 Å². The molecule has 1 heterocycles. The topological polar surface area (TPSA) is 26.3 Å². The molecule has 0 radical (unpaired) electrons. The van der Waals surface area contributed by atoms with Crippen molar-refractivity contribution < 1.29 is 9.53 Å². The Kier molecular flexibility index (Phi) is 8.62. The van der Waals surface area contributed by atoms with Crippen LogP contribution < -0.4 is 0 Å². The number of rotatable bonds is 11. The summed E-state index contributed by atoms with van der Waals surface area (Å²) in [5, 5.41) is 0. The summed E-state index contributed by atoms with van der Waals surface area (Å²) < 4.78 is 5.09. The van der Waals surface area contributed by atoms with Crippen molar-refractivity contribution >= 4 is 5.97 Å². The van der Waals surface area contributed by atoms with E-state index in [0.29, 0.717) is 0 Å². The third kappa shape index (κ3) is 7.52. The van der Waals surface area contributed by atoms with Crippen molar-refractivity contribution in [1.82, 2.24) is 0 Å². The number of ether oxygens (including phenoxy) is 1. The van der Waals surface area contributed by atoms with Crippen molar-refractivity contribution in [2.75, 3.05) is 0 Å².